The van der Waals surface area contributed by atoms with Gasteiger partial charge in [0.2, 0.25) is 0 Å². The van der Waals surface area contributed by atoms with Gasteiger partial charge >= 0.3 is 12.1 Å². The summed E-state index contributed by atoms with van der Waals surface area (Å²) in [4.78, 5) is 27.5. The molecule has 2 saturated heterocycles. The molecular formula is C19H27N3O3. The number of urea groups is 1. The molecule has 0 bridgehead atoms. The lowest BCUT2D eigenvalue weighted by atomic mass is 9.93. The summed E-state index contributed by atoms with van der Waals surface area (Å²) in [5.74, 6) is 0. The fourth-order valence-corrected chi connectivity index (χ4v) is 3.63. The van der Waals surface area contributed by atoms with Gasteiger partial charge in [0.25, 0.3) is 0 Å². The number of piperidine rings is 1. The zero-order chi connectivity index (χ0) is 17.9. The van der Waals surface area contributed by atoms with Gasteiger partial charge in [0.05, 0.1) is 13.1 Å². The molecule has 3 amide bonds. The van der Waals surface area contributed by atoms with E-state index in [1.54, 1.807) is 16.8 Å². The van der Waals surface area contributed by atoms with Crippen molar-refractivity contribution in [2.24, 2.45) is 0 Å². The SMILES string of the molecule is Cc1ccc(CCCNC(=O)N2CCC[C@@]3(CN(C)C(=O)O3)C2)cc1. The van der Waals surface area contributed by atoms with Crippen LogP contribution in [0, 0.1) is 6.92 Å². The van der Waals surface area contributed by atoms with Crippen molar-refractivity contribution in [2.45, 2.75) is 38.2 Å². The quantitative estimate of drug-likeness (QED) is 0.853. The van der Waals surface area contributed by atoms with Crippen LogP contribution in [-0.4, -0.2) is 60.8 Å². The Morgan fingerprint density at radius 3 is 2.72 bits per heavy atom. The van der Waals surface area contributed by atoms with E-state index in [-0.39, 0.29) is 12.1 Å². The third-order valence-electron chi connectivity index (χ3n) is 5.01. The van der Waals surface area contributed by atoms with Crippen LogP contribution in [0.2, 0.25) is 0 Å². The van der Waals surface area contributed by atoms with E-state index < -0.39 is 5.60 Å². The Morgan fingerprint density at radius 2 is 2.04 bits per heavy atom. The molecule has 1 atom stereocenters. The molecule has 1 aromatic rings. The van der Waals surface area contributed by atoms with Crippen LogP contribution in [-0.2, 0) is 11.2 Å². The number of rotatable bonds is 4. The van der Waals surface area contributed by atoms with Gasteiger partial charge in [-0.25, -0.2) is 9.59 Å². The number of aryl methyl sites for hydroxylation is 2. The monoisotopic (exact) mass is 345 g/mol. The summed E-state index contributed by atoms with van der Waals surface area (Å²) in [6, 6.07) is 8.43. The maximum absolute atomic E-state index is 12.4. The fourth-order valence-electron chi connectivity index (χ4n) is 3.63. The molecule has 2 aliphatic rings. The first-order valence-corrected chi connectivity index (χ1v) is 9.00. The minimum absolute atomic E-state index is 0.0615. The van der Waals surface area contributed by atoms with Crippen molar-refractivity contribution >= 4 is 12.1 Å². The van der Waals surface area contributed by atoms with Crippen LogP contribution in [0.4, 0.5) is 9.59 Å². The van der Waals surface area contributed by atoms with E-state index in [1.807, 2.05) is 0 Å². The highest BCUT2D eigenvalue weighted by molar-refractivity contribution is 5.75. The molecule has 2 heterocycles. The lowest BCUT2D eigenvalue weighted by molar-refractivity contribution is 0.00324. The molecule has 0 saturated carbocycles. The largest absolute Gasteiger partial charge is 0.439 e. The summed E-state index contributed by atoms with van der Waals surface area (Å²) in [6.07, 6.45) is 3.25. The molecule has 1 spiro atoms. The van der Waals surface area contributed by atoms with E-state index >= 15 is 0 Å². The number of likely N-dealkylation sites (N-methyl/N-ethyl adjacent to an activating group) is 1. The zero-order valence-electron chi connectivity index (χ0n) is 15.1. The van der Waals surface area contributed by atoms with Gasteiger partial charge in [0.15, 0.2) is 0 Å². The van der Waals surface area contributed by atoms with Crippen molar-refractivity contribution in [2.75, 3.05) is 33.2 Å². The molecule has 0 aromatic heterocycles. The molecule has 2 aliphatic heterocycles. The smallest absolute Gasteiger partial charge is 0.410 e. The van der Waals surface area contributed by atoms with Gasteiger partial charge in [-0.15, -0.1) is 0 Å². The first-order chi connectivity index (χ1) is 12.0. The van der Waals surface area contributed by atoms with E-state index in [0.29, 0.717) is 26.2 Å². The van der Waals surface area contributed by atoms with Crippen LogP contribution in [0.15, 0.2) is 24.3 Å². The zero-order valence-corrected chi connectivity index (χ0v) is 15.1. The van der Waals surface area contributed by atoms with Crippen LogP contribution in [0.1, 0.15) is 30.4 Å². The topological polar surface area (TPSA) is 61.9 Å². The molecule has 6 heteroatoms. The van der Waals surface area contributed by atoms with Crippen molar-refractivity contribution in [1.82, 2.24) is 15.1 Å². The average Bonchev–Trinajstić information content (AvgIpc) is 2.86. The molecule has 3 rings (SSSR count). The van der Waals surface area contributed by atoms with Gasteiger partial charge in [0, 0.05) is 20.1 Å². The Kier molecular flexibility index (Phi) is 5.16. The van der Waals surface area contributed by atoms with Crippen molar-refractivity contribution < 1.29 is 14.3 Å². The number of ether oxygens (including phenoxy) is 1. The van der Waals surface area contributed by atoms with Crippen molar-refractivity contribution in [3.63, 3.8) is 0 Å². The minimum atomic E-state index is -0.524. The molecule has 136 valence electrons. The Labute approximate surface area is 149 Å². The maximum Gasteiger partial charge on any atom is 0.410 e. The van der Waals surface area contributed by atoms with E-state index in [2.05, 4.69) is 36.5 Å². The number of likely N-dealkylation sites (tertiary alicyclic amines) is 1. The molecule has 2 fully saturated rings. The molecule has 0 radical (unpaired) electrons. The summed E-state index contributed by atoms with van der Waals surface area (Å²) >= 11 is 0. The number of hydrogen-bond donors (Lipinski definition) is 1. The Bertz CT molecular complexity index is 631. The number of carbonyl (C=O) groups excluding carboxylic acids is 2. The highest BCUT2D eigenvalue weighted by Crippen LogP contribution is 2.31. The van der Waals surface area contributed by atoms with Crippen molar-refractivity contribution in [3.8, 4) is 0 Å². The van der Waals surface area contributed by atoms with Crippen LogP contribution < -0.4 is 5.32 Å². The Morgan fingerprint density at radius 1 is 1.28 bits per heavy atom. The molecule has 0 unspecified atom stereocenters. The highest BCUT2D eigenvalue weighted by Gasteiger charge is 2.47. The second-order valence-electron chi connectivity index (χ2n) is 7.25. The van der Waals surface area contributed by atoms with Gasteiger partial charge in [-0.2, -0.15) is 0 Å². The Balaban J connectivity index is 1.43. The van der Waals surface area contributed by atoms with Crippen LogP contribution in [0.25, 0.3) is 0 Å². The molecule has 1 aromatic carbocycles. The molecular weight excluding hydrogens is 318 g/mol. The standard InChI is InChI=1S/C19H27N3O3/c1-15-6-8-16(9-7-15)5-3-11-20-17(23)22-12-4-10-19(14-22)13-21(2)18(24)25-19/h6-9H,3-5,10-14H2,1-2H3,(H,20,23)/t19-/m1/s1. The number of nitrogens with one attached hydrogen (secondary N) is 1. The summed E-state index contributed by atoms with van der Waals surface area (Å²) in [5, 5.41) is 3.00. The maximum atomic E-state index is 12.4. The van der Waals surface area contributed by atoms with Gasteiger partial charge in [-0.1, -0.05) is 29.8 Å². The second-order valence-corrected chi connectivity index (χ2v) is 7.25. The Hall–Kier alpha value is -2.24. The van der Waals surface area contributed by atoms with Gasteiger partial charge < -0.3 is 19.9 Å². The number of hydrogen-bond acceptors (Lipinski definition) is 3. The van der Waals surface area contributed by atoms with Gasteiger partial charge in [0.1, 0.15) is 5.60 Å². The second kappa shape index (κ2) is 7.33. The number of benzene rings is 1. The summed E-state index contributed by atoms with van der Waals surface area (Å²) in [6.45, 7) is 4.48. The summed E-state index contributed by atoms with van der Waals surface area (Å²) < 4.78 is 5.54. The van der Waals surface area contributed by atoms with Gasteiger partial charge in [-0.05, 0) is 38.2 Å². The van der Waals surface area contributed by atoms with E-state index in [4.69, 9.17) is 4.74 Å². The third-order valence-corrected chi connectivity index (χ3v) is 5.01. The minimum Gasteiger partial charge on any atom is -0.439 e. The van der Waals surface area contributed by atoms with Gasteiger partial charge in [-0.3, -0.25) is 0 Å². The molecule has 1 N–H and O–H groups in total. The van der Waals surface area contributed by atoms with E-state index in [1.165, 1.54) is 11.1 Å². The predicted octanol–water partition coefficient (Wildman–Crippen LogP) is 2.55. The molecule has 25 heavy (non-hydrogen) atoms. The lowest BCUT2D eigenvalue weighted by Crippen LogP contribution is -2.54. The molecule has 0 aliphatic carbocycles. The number of carbonyl (C=O) groups is 2. The van der Waals surface area contributed by atoms with Crippen LogP contribution in [0.5, 0.6) is 0 Å². The van der Waals surface area contributed by atoms with Crippen LogP contribution in [0.3, 0.4) is 0 Å². The number of nitrogens with zero attached hydrogens (tertiary/aromatic N) is 2. The predicted molar refractivity (Wildman–Crippen MR) is 95.5 cm³/mol. The van der Waals surface area contributed by atoms with Crippen LogP contribution >= 0.6 is 0 Å². The lowest BCUT2D eigenvalue weighted by Gasteiger charge is -2.38. The van der Waals surface area contributed by atoms with Crippen molar-refractivity contribution in [1.29, 1.82) is 0 Å². The van der Waals surface area contributed by atoms with Crippen molar-refractivity contribution in [3.05, 3.63) is 35.4 Å². The third kappa shape index (κ3) is 4.24. The first kappa shape index (κ1) is 17.6. The fraction of sp³-hybridized carbons (Fsp3) is 0.579. The normalized spacial score (nSPS) is 23.0. The summed E-state index contributed by atoms with van der Waals surface area (Å²) in [7, 11) is 1.74. The molecule has 6 nitrogen and oxygen atoms in total. The average molecular weight is 345 g/mol. The summed E-state index contributed by atoms with van der Waals surface area (Å²) in [5.41, 5.74) is 2.02. The van der Waals surface area contributed by atoms with E-state index in [0.717, 1.165) is 25.7 Å². The highest BCUT2D eigenvalue weighted by atomic mass is 16.6. The number of amides is 3. The first-order valence-electron chi connectivity index (χ1n) is 9.00. The van der Waals surface area contributed by atoms with E-state index in [9.17, 15) is 9.59 Å².